The number of aromatic amines is 2. The summed E-state index contributed by atoms with van der Waals surface area (Å²) in [6.07, 6.45) is 0. The van der Waals surface area contributed by atoms with E-state index in [-0.39, 0.29) is 16.8 Å². The Balaban J connectivity index is 1.48. The van der Waals surface area contributed by atoms with Crippen LogP contribution in [0.4, 0.5) is 11.6 Å². The van der Waals surface area contributed by atoms with Gasteiger partial charge >= 0.3 is 5.69 Å². The van der Waals surface area contributed by atoms with Gasteiger partial charge in [-0.3, -0.25) is 9.36 Å². The van der Waals surface area contributed by atoms with E-state index in [1.54, 1.807) is 18.2 Å². The summed E-state index contributed by atoms with van der Waals surface area (Å²) in [5.74, 6) is 1.10. The maximum atomic E-state index is 12.8. The van der Waals surface area contributed by atoms with Crippen molar-refractivity contribution in [2.45, 2.75) is 37.7 Å². The molecule has 4 rings (SSSR count). The highest BCUT2D eigenvalue weighted by Gasteiger charge is 2.24. The number of hydrogen-bond acceptors (Lipinski definition) is 7. The lowest BCUT2D eigenvalue weighted by Gasteiger charge is -2.28. The van der Waals surface area contributed by atoms with E-state index >= 15 is 0 Å². The molecule has 1 amide bonds. The molecule has 0 radical (unpaired) electrons. The third-order valence-corrected chi connectivity index (χ3v) is 6.05. The Labute approximate surface area is 183 Å². The van der Waals surface area contributed by atoms with Crippen LogP contribution in [0.15, 0.2) is 28.2 Å². The lowest BCUT2D eigenvalue weighted by Crippen LogP contribution is -2.38. The molecule has 1 aliphatic rings. The molecule has 0 spiro atoms. The first-order valence-corrected chi connectivity index (χ1v) is 11.2. The monoisotopic (exact) mass is 445 g/mol. The highest BCUT2D eigenvalue weighted by Crippen LogP contribution is 2.28. The van der Waals surface area contributed by atoms with Crippen LogP contribution in [0.3, 0.4) is 0 Å². The normalized spacial score (nSPS) is 15.5. The van der Waals surface area contributed by atoms with Gasteiger partial charge in [-0.25, -0.2) is 4.79 Å². The van der Waals surface area contributed by atoms with Crippen LogP contribution in [0.1, 0.15) is 20.8 Å². The minimum atomic E-state index is -0.381. The van der Waals surface area contributed by atoms with Crippen molar-refractivity contribution in [2.75, 3.05) is 36.5 Å². The Hall–Kier alpha value is -2.79. The maximum Gasteiger partial charge on any atom is 0.323 e. The molecule has 1 aliphatic heterocycles. The molecule has 10 nitrogen and oxygen atoms in total. The molecule has 0 aliphatic carbocycles. The van der Waals surface area contributed by atoms with Crippen LogP contribution in [-0.4, -0.2) is 62.2 Å². The van der Waals surface area contributed by atoms with E-state index in [1.165, 1.54) is 11.8 Å². The number of carbonyl (C=O) groups is 1. The van der Waals surface area contributed by atoms with Crippen LogP contribution >= 0.6 is 11.8 Å². The van der Waals surface area contributed by atoms with Gasteiger partial charge in [0.25, 0.3) is 0 Å². The van der Waals surface area contributed by atoms with Crippen molar-refractivity contribution in [2.24, 2.45) is 5.92 Å². The number of rotatable bonds is 7. The van der Waals surface area contributed by atoms with E-state index in [4.69, 9.17) is 4.74 Å². The molecule has 31 heavy (non-hydrogen) atoms. The van der Waals surface area contributed by atoms with Crippen molar-refractivity contribution in [3.05, 3.63) is 28.7 Å². The smallest absolute Gasteiger partial charge is 0.323 e. The Kier molecular flexibility index (Phi) is 6.33. The van der Waals surface area contributed by atoms with Crippen molar-refractivity contribution >= 4 is 40.3 Å². The summed E-state index contributed by atoms with van der Waals surface area (Å²) in [6, 6.07) is 5.26. The summed E-state index contributed by atoms with van der Waals surface area (Å²) in [6.45, 7) is 9.82. The number of thioether (sulfide) groups is 1. The summed E-state index contributed by atoms with van der Waals surface area (Å²) in [4.78, 5) is 31.8. The minimum absolute atomic E-state index is 0.144. The number of fused-ring (bicyclic) bond motifs is 1. The molecule has 3 heterocycles. The van der Waals surface area contributed by atoms with E-state index < -0.39 is 0 Å². The number of hydrogen-bond donors (Lipinski definition) is 3. The van der Waals surface area contributed by atoms with Crippen molar-refractivity contribution in [1.29, 1.82) is 0 Å². The second kappa shape index (κ2) is 9.15. The van der Waals surface area contributed by atoms with Crippen molar-refractivity contribution < 1.29 is 9.53 Å². The number of ether oxygens (including phenoxy) is 1. The van der Waals surface area contributed by atoms with E-state index in [0.29, 0.717) is 35.9 Å². The fourth-order valence-corrected chi connectivity index (χ4v) is 4.31. The predicted octanol–water partition coefficient (Wildman–Crippen LogP) is 2.06. The molecule has 166 valence electrons. The van der Waals surface area contributed by atoms with Gasteiger partial charge < -0.3 is 24.9 Å². The quantitative estimate of drug-likeness (QED) is 0.476. The van der Waals surface area contributed by atoms with Gasteiger partial charge in [-0.2, -0.15) is 0 Å². The number of imidazole rings is 1. The van der Waals surface area contributed by atoms with Gasteiger partial charge in [0, 0.05) is 25.3 Å². The van der Waals surface area contributed by atoms with Crippen LogP contribution in [-0.2, 0) is 16.1 Å². The summed E-state index contributed by atoms with van der Waals surface area (Å²) in [5.41, 5.74) is 1.69. The average molecular weight is 446 g/mol. The minimum Gasteiger partial charge on any atom is -0.378 e. The molecule has 3 N–H and O–H groups in total. The number of nitrogens with one attached hydrogen (secondary N) is 3. The van der Waals surface area contributed by atoms with Gasteiger partial charge in [-0.15, -0.1) is 10.2 Å². The molecule has 11 heteroatoms. The number of morpholine rings is 1. The molecule has 1 aromatic carbocycles. The van der Waals surface area contributed by atoms with Crippen molar-refractivity contribution in [3.8, 4) is 0 Å². The maximum absolute atomic E-state index is 12.8. The zero-order valence-corrected chi connectivity index (χ0v) is 18.7. The van der Waals surface area contributed by atoms with Gasteiger partial charge in [0.05, 0.1) is 29.5 Å². The number of H-pyrrole nitrogens is 2. The predicted molar refractivity (Wildman–Crippen MR) is 121 cm³/mol. The van der Waals surface area contributed by atoms with E-state index in [9.17, 15) is 9.59 Å². The molecule has 1 fully saturated rings. The second-order valence-electron chi connectivity index (χ2n) is 7.98. The van der Waals surface area contributed by atoms with Crippen LogP contribution in [0.5, 0.6) is 0 Å². The van der Waals surface area contributed by atoms with Crippen LogP contribution < -0.4 is 15.9 Å². The third kappa shape index (κ3) is 4.93. The topological polar surface area (TPSA) is 121 Å². The van der Waals surface area contributed by atoms with Gasteiger partial charge in [0.2, 0.25) is 11.9 Å². The highest BCUT2D eigenvalue weighted by atomic mass is 32.2. The number of benzene rings is 1. The molecule has 2 aromatic heterocycles. The molecule has 1 atom stereocenters. The average Bonchev–Trinajstić information content (AvgIpc) is 3.30. The van der Waals surface area contributed by atoms with Crippen LogP contribution in [0, 0.1) is 5.92 Å². The standard InChI is InChI=1S/C20H27N7O3S/c1-12(2)11-27-19(26-6-8-30-9-7-26)24-25-20(27)31-13(3)17(28)21-14-4-5-15-16(10-14)23-18(29)22-15/h4-5,10,12-13H,6-9,11H2,1-3H3,(H,21,28)(H2,22,23,29). The Bertz CT molecular complexity index is 1110. The van der Waals surface area contributed by atoms with Gasteiger partial charge in [-0.1, -0.05) is 25.6 Å². The number of amides is 1. The first kappa shape index (κ1) is 21.4. The number of carbonyl (C=O) groups excluding carboxylic acids is 1. The molecule has 3 aromatic rings. The summed E-state index contributed by atoms with van der Waals surface area (Å²) in [5, 5.41) is 12.1. The SMILES string of the molecule is CC(C)Cn1c(SC(C)C(=O)Nc2ccc3[nH]c(=O)[nH]c3c2)nnc1N1CCOCC1. The summed E-state index contributed by atoms with van der Waals surface area (Å²) in [7, 11) is 0. The van der Waals surface area contributed by atoms with Crippen LogP contribution in [0.2, 0.25) is 0 Å². The van der Waals surface area contributed by atoms with Gasteiger partial charge in [-0.05, 0) is 31.0 Å². The fraction of sp³-hybridized carbons (Fsp3) is 0.500. The second-order valence-corrected chi connectivity index (χ2v) is 9.28. The number of aromatic nitrogens is 5. The highest BCUT2D eigenvalue weighted by molar-refractivity contribution is 8.00. The Morgan fingerprint density at radius 2 is 1.94 bits per heavy atom. The zero-order chi connectivity index (χ0) is 22.0. The first-order valence-electron chi connectivity index (χ1n) is 10.4. The Morgan fingerprint density at radius 3 is 2.68 bits per heavy atom. The summed E-state index contributed by atoms with van der Waals surface area (Å²) < 4.78 is 7.55. The zero-order valence-electron chi connectivity index (χ0n) is 17.8. The largest absolute Gasteiger partial charge is 0.378 e. The lowest BCUT2D eigenvalue weighted by molar-refractivity contribution is -0.115. The molecular formula is C20H27N7O3S. The van der Waals surface area contributed by atoms with E-state index in [1.807, 2.05) is 6.92 Å². The molecular weight excluding hydrogens is 418 g/mol. The fourth-order valence-electron chi connectivity index (χ4n) is 3.46. The number of nitrogens with zero attached hydrogens (tertiary/aromatic N) is 4. The number of anilines is 2. The van der Waals surface area contributed by atoms with Crippen LogP contribution in [0.25, 0.3) is 11.0 Å². The summed E-state index contributed by atoms with van der Waals surface area (Å²) >= 11 is 1.39. The van der Waals surface area contributed by atoms with Gasteiger partial charge in [0.15, 0.2) is 5.16 Å². The first-order chi connectivity index (χ1) is 14.9. The lowest BCUT2D eigenvalue weighted by atomic mass is 10.2. The molecule has 1 saturated heterocycles. The molecule has 1 unspecified atom stereocenters. The van der Waals surface area contributed by atoms with Gasteiger partial charge in [0.1, 0.15) is 0 Å². The molecule has 0 saturated carbocycles. The molecule has 0 bridgehead atoms. The van der Waals surface area contributed by atoms with Crippen molar-refractivity contribution in [1.82, 2.24) is 24.7 Å². The Morgan fingerprint density at radius 1 is 1.19 bits per heavy atom. The van der Waals surface area contributed by atoms with E-state index in [0.717, 1.165) is 30.7 Å². The van der Waals surface area contributed by atoms with E-state index in [2.05, 4.69) is 48.8 Å². The third-order valence-electron chi connectivity index (χ3n) is 4.97. The van der Waals surface area contributed by atoms with Crippen molar-refractivity contribution in [3.63, 3.8) is 0 Å².